The number of rotatable bonds is 11. The SMILES string of the molecule is CCCCOCN(COCCCC)c1ccc(Cl)cc1. The van der Waals surface area contributed by atoms with Gasteiger partial charge in [-0.2, -0.15) is 0 Å². The average molecular weight is 300 g/mol. The number of hydrogen-bond acceptors (Lipinski definition) is 3. The van der Waals surface area contributed by atoms with E-state index in [2.05, 4.69) is 18.7 Å². The van der Waals surface area contributed by atoms with Crippen LogP contribution in [-0.2, 0) is 9.47 Å². The minimum Gasteiger partial charge on any atom is -0.361 e. The molecule has 0 fully saturated rings. The van der Waals surface area contributed by atoms with Crippen LogP contribution >= 0.6 is 11.6 Å². The second-order valence-corrected chi connectivity index (χ2v) is 5.23. The Hall–Kier alpha value is -0.770. The molecule has 0 aromatic heterocycles. The van der Waals surface area contributed by atoms with Crippen molar-refractivity contribution in [3.05, 3.63) is 29.3 Å². The Morgan fingerprint density at radius 1 is 0.900 bits per heavy atom. The summed E-state index contributed by atoms with van der Waals surface area (Å²) in [6.45, 7) is 7.00. The predicted octanol–water partition coefficient (Wildman–Crippen LogP) is 4.69. The molecule has 0 saturated carbocycles. The van der Waals surface area contributed by atoms with Crippen LogP contribution in [0.15, 0.2) is 24.3 Å². The normalized spacial score (nSPS) is 10.8. The van der Waals surface area contributed by atoms with Crippen LogP contribution in [0.5, 0.6) is 0 Å². The topological polar surface area (TPSA) is 21.7 Å². The van der Waals surface area contributed by atoms with Crippen LogP contribution in [0.2, 0.25) is 5.02 Å². The molecule has 0 bridgehead atoms. The highest BCUT2D eigenvalue weighted by Gasteiger charge is 2.06. The highest BCUT2D eigenvalue weighted by atomic mass is 35.5. The molecule has 0 unspecified atom stereocenters. The van der Waals surface area contributed by atoms with E-state index in [1.54, 1.807) is 0 Å². The Kier molecular flexibility index (Phi) is 9.46. The average Bonchev–Trinajstić information content (AvgIpc) is 2.47. The lowest BCUT2D eigenvalue weighted by atomic mass is 10.3. The third kappa shape index (κ3) is 7.13. The van der Waals surface area contributed by atoms with Crippen molar-refractivity contribution in [3.8, 4) is 0 Å². The summed E-state index contributed by atoms with van der Waals surface area (Å²) < 4.78 is 11.4. The van der Waals surface area contributed by atoms with Gasteiger partial charge in [-0.05, 0) is 37.1 Å². The molecule has 20 heavy (non-hydrogen) atoms. The van der Waals surface area contributed by atoms with Crippen LogP contribution in [-0.4, -0.2) is 26.7 Å². The number of ether oxygens (including phenoxy) is 2. The molecular weight excluding hydrogens is 274 g/mol. The number of unbranched alkanes of at least 4 members (excludes halogenated alkanes) is 2. The number of anilines is 1. The largest absolute Gasteiger partial charge is 0.361 e. The van der Waals surface area contributed by atoms with Gasteiger partial charge in [0.1, 0.15) is 13.5 Å². The van der Waals surface area contributed by atoms with Gasteiger partial charge in [0.25, 0.3) is 0 Å². The molecule has 0 aliphatic rings. The van der Waals surface area contributed by atoms with Gasteiger partial charge < -0.3 is 14.4 Å². The van der Waals surface area contributed by atoms with Crippen LogP contribution in [0.1, 0.15) is 39.5 Å². The molecule has 3 nitrogen and oxygen atoms in total. The first-order valence-electron chi connectivity index (χ1n) is 7.44. The van der Waals surface area contributed by atoms with E-state index in [1.807, 2.05) is 24.3 Å². The van der Waals surface area contributed by atoms with Crippen molar-refractivity contribution in [3.63, 3.8) is 0 Å². The maximum Gasteiger partial charge on any atom is 0.120 e. The van der Waals surface area contributed by atoms with E-state index in [0.717, 1.165) is 49.6 Å². The monoisotopic (exact) mass is 299 g/mol. The van der Waals surface area contributed by atoms with E-state index in [-0.39, 0.29) is 0 Å². The Balaban J connectivity index is 2.47. The lowest BCUT2D eigenvalue weighted by molar-refractivity contribution is 0.0825. The fraction of sp³-hybridized carbons (Fsp3) is 0.625. The van der Waals surface area contributed by atoms with Gasteiger partial charge in [0.2, 0.25) is 0 Å². The van der Waals surface area contributed by atoms with Gasteiger partial charge in [-0.25, -0.2) is 0 Å². The molecular formula is C16H26ClNO2. The van der Waals surface area contributed by atoms with Crippen molar-refractivity contribution in [2.24, 2.45) is 0 Å². The minimum absolute atomic E-state index is 0.549. The molecule has 0 atom stereocenters. The zero-order valence-corrected chi connectivity index (χ0v) is 13.4. The highest BCUT2D eigenvalue weighted by Crippen LogP contribution is 2.18. The van der Waals surface area contributed by atoms with Crippen LogP contribution in [0.4, 0.5) is 5.69 Å². The fourth-order valence-electron chi connectivity index (χ4n) is 1.68. The minimum atomic E-state index is 0.549. The maximum atomic E-state index is 5.93. The van der Waals surface area contributed by atoms with Gasteiger partial charge in [-0.15, -0.1) is 0 Å². The van der Waals surface area contributed by atoms with Gasteiger partial charge in [0.05, 0.1) is 0 Å². The second kappa shape index (κ2) is 11.0. The van der Waals surface area contributed by atoms with Crippen molar-refractivity contribution in [1.29, 1.82) is 0 Å². The van der Waals surface area contributed by atoms with Gasteiger partial charge in [0, 0.05) is 23.9 Å². The molecule has 0 saturated heterocycles. The van der Waals surface area contributed by atoms with E-state index in [9.17, 15) is 0 Å². The quantitative estimate of drug-likeness (QED) is 0.437. The summed E-state index contributed by atoms with van der Waals surface area (Å²) in [5.74, 6) is 0. The number of benzene rings is 1. The third-order valence-corrected chi connectivity index (χ3v) is 3.22. The number of hydrogen-bond donors (Lipinski definition) is 0. The first kappa shape index (κ1) is 17.3. The summed E-state index contributed by atoms with van der Waals surface area (Å²) in [5, 5.41) is 0.743. The van der Waals surface area contributed by atoms with E-state index < -0.39 is 0 Å². The molecule has 0 spiro atoms. The molecule has 0 aliphatic carbocycles. The molecule has 0 amide bonds. The lowest BCUT2D eigenvalue weighted by Crippen LogP contribution is -2.29. The van der Waals surface area contributed by atoms with Crippen molar-refractivity contribution in [2.75, 3.05) is 31.6 Å². The summed E-state index contributed by atoms with van der Waals surface area (Å²) in [5.41, 5.74) is 1.07. The van der Waals surface area contributed by atoms with Gasteiger partial charge in [-0.3, -0.25) is 0 Å². The molecule has 4 heteroatoms. The second-order valence-electron chi connectivity index (χ2n) is 4.80. The molecule has 0 N–H and O–H groups in total. The molecule has 114 valence electrons. The predicted molar refractivity (Wildman–Crippen MR) is 85.4 cm³/mol. The molecule has 0 heterocycles. The van der Waals surface area contributed by atoms with Crippen molar-refractivity contribution in [1.82, 2.24) is 0 Å². The maximum absolute atomic E-state index is 5.93. The Morgan fingerprint density at radius 2 is 1.40 bits per heavy atom. The Morgan fingerprint density at radius 3 is 1.85 bits per heavy atom. The molecule has 0 aliphatic heterocycles. The fourth-order valence-corrected chi connectivity index (χ4v) is 1.81. The molecule has 1 rings (SSSR count). The first-order chi connectivity index (χ1) is 9.77. The van der Waals surface area contributed by atoms with Crippen molar-refractivity contribution in [2.45, 2.75) is 39.5 Å². The first-order valence-corrected chi connectivity index (χ1v) is 7.81. The van der Waals surface area contributed by atoms with Crippen molar-refractivity contribution >= 4 is 17.3 Å². The summed E-state index contributed by atoms with van der Waals surface area (Å²) in [7, 11) is 0. The van der Waals surface area contributed by atoms with E-state index in [1.165, 1.54) is 0 Å². The summed E-state index contributed by atoms with van der Waals surface area (Å²) in [6.07, 6.45) is 4.47. The standard InChI is InChI=1S/C16H26ClNO2/c1-3-5-11-19-13-18(14-20-12-6-4-2)16-9-7-15(17)8-10-16/h7-10H,3-6,11-14H2,1-2H3. The van der Waals surface area contributed by atoms with Crippen LogP contribution in [0, 0.1) is 0 Å². The third-order valence-electron chi connectivity index (χ3n) is 2.97. The van der Waals surface area contributed by atoms with Crippen LogP contribution in [0.25, 0.3) is 0 Å². The summed E-state index contributed by atoms with van der Waals surface area (Å²) in [6, 6.07) is 7.77. The van der Waals surface area contributed by atoms with Gasteiger partial charge in [0.15, 0.2) is 0 Å². The van der Waals surface area contributed by atoms with Crippen LogP contribution < -0.4 is 4.90 Å². The smallest absolute Gasteiger partial charge is 0.120 e. The van der Waals surface area contributed by atoms with E-state index in [4.69, 9.17) is 21.1 Å². The number of nitrogens with zero attached hydrogens (tertiary/aromatic N) is 1. The molecule has 1 aromatic carbocycles. The Labute approximate surface area is 127 Å². The summed E-state index contributed by atoms with van der Waals surface area (Å²) in [4.78, 5) is 2.08. The Bertz CT molecular complexity index is 331. The lowest BCUT2D eigenvalue weighted by Gasteiger charge is -2.24. The summed E-state index contributed by atoms with van der Waals surface area (Å²) >= 11 is 5.93. The van der Waals surface area contributed by atoms with Crippen molar-refractivity contribution < 1.29 is 9.47 Å². The van der Waals surface area contributed by atoms with E-state index >= 15 is 0 Å². The highest BCUT2D eigenvalue weighted by molar-refractivity contribution is 6.30. The number of halogens is 1. The molecule has 1 aromatic rings. The van der Waals surface area contributed by atoms with Gasteiger partial charge >= 0.3 is 0 Å². The zero-order valence-electron chi connectivity index (χ0n) is 12.6. The van der Waals surface area contributed by atoms with Crippen LogP contribution in [0.3, 0.4) is 0 Å². The zero-order chi connectivity index (χ0) is 14.6. The molecule has 0 radical (unpaired) electrons. The van der Waals surface area contributed by atoms with Gasteiger partial charge in [-0.1, -0.05) is 38.3 Å². The van der Waals surface area contributed by atoms with E-state index in [0.29, 0.717) is 13.5 Å².